The third kappa shape index (κ3) is 3.49. The lowest BCUT2D eigenvalue weighted by Crippen LogP contribution is -2.45. The molecule has 1 fully saturated rings. The zero-order valence-corrected chi connectivity index (χ0v) is 17.4. The molecule has 0 saturated heterocycles. The van der Waals surface area contributed by atoms with E-state index in [-0.39, 0.29) is 29.7 Å². The minimum atomic E-state index is -1.87. The number of nitrogens with zero attached hydrogens (tertiary/aromatic N) is 3. The summed E-state index contributed by atoms with van der Waals surface area (Å²) in [6.07, 6.45) is 5.40. The van der Waals surface area contributed by atoms with Crippen molar-refractivity contribution in [1.82, 2.24) is 14.5 Å². The zero-order chi connectivity index (χ0) is 18.4. The Hall–Kier alpha value is -0.953. The second-order valence-corrected chi connectivity index (χ2v) is 13.7. The Morgan fingerprint density at radius 1 is 1.32 bits per heavy atom. The van der Waals surface area contributed by atoms with E-state index in [2.05, 4.69) is 48.4 Å². The third-order valence-electron chi connectivity index (χ3n) is 5.95. The van der Waals surface area contributed by atoms with Crippen molar-refractivity contribution in [3.05, 3.63) is 23.7 Å². The van der Waals surface area contributed by atoms with Crippen molar-refractivity contribution in [2.45, 2.75) is 63.9 Å². The summed E-state index contributed by atoms with van der Waals surface area (Å²) >= 11 is 6.18. The third-order valence-corrected chi connectivity index (χ3v) is 10.8. The summed E-state index contributed by atoms with van der Waals surface area (Å²) in [5.41, 5.74) is 0.856. The molecular weight excluding hydrogens is 354 g/mol. The van der Waals surface area contributed by atoms with Crippen LogP contribution < -0.4 is 0 Å². The SMILES string of the molecule is CC(C)(C)[Si](C)(C)OC1C[C@H](n2ccc3c(Cl)ncnc32)C[C@H]1CO. The fourth-order valence-electron chi connectivity index (χ4n) is 3.41. The number of aliphatic hydroxyl groups is 1. The Kier molecular flexibility index (Phi) is 5.01. The highest BCUT2D eigenvalue weighted by Crippen LogP contribution is 2.44. The van der Waals surface area contributed by atoms with E-state index >= 15 is 0 Å². The van der Waals surface area contributed by atoms with Crippen LogP contribution in [0.3, 0.4) is 0 Å². The van der Waals surface area contributed by atoms with Gasteiger partial charge in [0, 0.05) is 24.8 Å². The van der Waals surface area contributed by atoms with Crippen LogP contribution in [-0.4, -0.2) is 40.7 Å². The molecule has 0 aliphatic heterocycles. The predicted molar refractivity (Wildman–Crippen MR) is 103 cm³/mol. The average molecular weight is 382 g/mol. The molecule has 1 aliphatic rings. The topological polar surface area (TPSA) is 60.2 Å². The molecule has 25 heavy (non-hydrogen) atoms. The molecule has 1 aliphatic carbocycles. The van der Waals surface area contributed by atoms with Gasteiger partial charge in [0.1, 0.15) is 17.1 Å². The van der Waals surface area contributed by atoms with Crippen molar-refractivity contribution >= 4 is 31.0 Å². The highest BCUT2D eigenvalue weighted by Gasteiger charge is 2.44. The van der Waals surface area contributed by atoms with Gasteiger partial charge in [-0.05, 0) is 37.0 Å². The van der Waals surface area contributed by atoms with Crippen LogP contribution in [0.4, 0.5) is 0 Å². The first kappa shape index (κ1) is 18.8. The Morgan fingerprint density at radius 3 is 2.68 bits per heavy atom. The van der Waals surface area contributed by atoms with E-state index < -0.39 is 8.32 Å². The molecule has 5 nitrogen and oxygen atoms in total. The summed E-state index contributed by atoms with van der Waals surface area (Å²) in [4.78, 5) is 8.46. The number of fused-ring (bicyclic) bond motifs is 1. The summed E-state index contributed by atoms with van der Waals surface area (Å²) in [7, 11) is -1.87. The molecule has 2 aromatic rings. The van der Waals surface area contributed by atoms with Gasteiger partial charge >= 0.3 is 0 Å². The van der Waals surface area contributed by atoms with E-state index in [1.807, 2.05) is 12.3 Å². The molecule has 0 aromatic carbocycles. The molecule has 0 bridgehead atoms. The maximum absolute atomic E-state index is 9.89. The Balaban J connectivity index is 1.85. The minimum Gasteiger partial charge on any atom is -0.413 e. The number of hydrogen-bond donors (Lipinski definition) is 1. The van der Waals surface area contributed by atoms with E-state index in [0.717, 1.165) is 23.9 Å². The van der Waals surface area contributed by atoms with Crippen molar-refractivity contribution in [3.63, 3.8) is 0 Å². The van der Waals surface area contributed by atoms with Gasteiger partial charge in [-0.25, -0.2) is 9.97 Å². The summed E-state index contributed by atoms with van der Waals surface area (Å²) in [5.74, 6) is 0.161. The van der Waals surface area contributed by atoms with Gasteiger partial charge < -0.3 is 14.1 Å². The van der Waals surface area contributed by atoms with Crippen LogP contribution in [0, 0.1) is 5.92 Å². The second kappa shape index (κ2) is 6.65. The molecule has 1 N–H and O–H groups in total. The molecule has 7 heteroatoms. The van der Waals surface area contributed by atoms with Gasteiger partial charge in [-0.1, -0.05) is 32.4 Å². The van der Waals surface area contributed by atoms with Crippen LogP contribution in [0.1, 0.15) is 39.7 Å². The maximum atomic E-state index is 9.89. The molecular formula is C18H28ClN3O2Si. The largest absolute Gasteiger partial charge is 0.413 e. The van der Waals surface area contributed by atoms with Crippen LogP contribution in [0.5, 0.6) is 0 Å². The van der Waals surface area contributed by atoms with Gasteiger partial charge in [-0.2, -0.15) is 0 Å². The fraction of sp³-hybridized carbons (Fsp3) is 0.667. The number of halogens is 1. The first-order valence-electron chi connectivity index (χ1n) is 8.90. The van der Waals surface area contributed by atoms with E-state index in [1.54, 1.807) is 0 Å². The quantitative estimate of drug-likeness (QED) is 0.629. The van der Waals surface area contributed by atoms with Gasteiger partial charge in [0.05, 0.1) is 11.5 Å². The van der Waals surface area contributed by atoms with Gasteiger partial charge in [0.25, 0.3) is 0 Å². The predicted octanol–water partition coefficient (Wildman–Crippen LogP) is 4.42. The smallest absolute Gasteiger partial charge is 0.192 e. The lowest BCUT2D eigenvalue weighted by Gasteiger charge is -2.39. The van der Waals surface area contributed by atoms with Crippen molar-refractivity contribution in [1.29, 1.82) is 0 Å². The first-order valence-corrected chi connectivity index (χ1v) is 12.2. The lowest BCUT2D eigenvalue weighted by molar-refractivity contribution is 0.0979. The number of hydrogen-bond acceptors (Lipinski definition) is 4. The summed E-state index contributed by atoms with van der Waals surface area (Å²) in [6.45, 7) is 11.4. The van der Waals surface area contributed by atoms with Gasteiger partial charge in [0.2, 0.25) is 0 Å². The van der Waals surface area contributed by atoms with E-state index in [9.17, 15) is 5.11 Å². The molecule has 138 valence electrons. The number of aliphatic hydroxyl groups excluding tert-OH is 1. The first-order chi connectivity index (χ1) is 11.6. The minimum absolute atomic E-state index is 0.0886. The Bertz CT molecular complexity index is 756. The monoisotopic (exact) mass is 381 g/mol. The van der Waals surface area contributed by atoms with Crippen LogP contribution in [0.2, 0.25) is 23.3 Å². The van der Waals surface area contributed by atoms with E-state index in [4.69, 9.17) is 16.0 Å². The summed E-state index contributed by atoms with van der Waals surface area (Å²) in [5, 5.41) is 11.4. The molecule has 3 rings (SSSR count). The van der Waals surface area contributed by atoms with Crippen molar-refractivity contribution < 1.29 is 9.53 Å². The second-order valence-electron chi connectivity index (χ2n) is 8.61. The summed E-state index contributed by atoms with van der Waals surface area (Å²) < 4.78 is 8.80. The van der Waals surface area contributed by atoms with Crippen LogP contribution >= 0.6 is 11.6 Å². The number of rotatable bonds is 4. The average Bonchev–Trinajstić information content (AvgIpc) is 3.10. The maximum Gasteiger partial charge on any atom is 0.192 e. The fourth-order valence-corrected chi connectivity index (χ4v) is 5.00. The van der Waals surface area contributed by atoms with Gasteiger partial charge in [-0.3, -0.25) is 0 Å². The van der Waals surface area contributed by atoms with E-state index in [1.165, 1.54) is 6.33 Å². The van der Waals surface area contributed by atoms with Gasteiger partial charge in [0.15, 0.2) is 8.32 Å². The molecule has 0 radical (unpaired) electrons. The van der Waals surface area contributed by atoms with Crippen molar-refractivity contribution in [3.8, 4) is 0 Å². The molecule has 3 atom stereocenters. The van der Waals surface area contributed by atoms with Gasteiger partial charge in [-0.15, -0.1) is 0 Å². The Morgan fingerprint density at radius 2 is 2.04 bits per heavy atom. The molecule has 2 heterocycles. The Labute approximate surface area is 155 Å². The van der Waals surface area contributed by atoms with Crippen molar-refractivity contribution in [2.75, 3.05) is 6.61 Å². The molecule has 2 aromatic heterocycles. The summed E-state index contributed by atoms with van der Waals surface area (Å²) in [6, 6.07) is 2.23. The molecule has 1 unspecified atom stereocenters. The van der Waals surface area contributed by atoms with Crippen LogP contribution in [-0.2, 0) is 4.43 Å². The molecule has 0 spiro atoms. The highest BCUT2D eigenvalue weighted by molar-refractivity contribution is 6.74. The van der Waals surface area contributed by atoms with Crippen LogP contribution in [0.15, 0.2) is 18.6 Å². The molecule has 0 amide bonds. The zero-order valence-electron chi connectivity index (χ0n) is 15.7. The standard InChI is InChI=1S/C18H28ClN3O2Si/c1-18(2,3)25(4,5)24-15-9-13(8-12(15)10-23)22-7-6-14-16(19)20-11-21-17(14)22/h6-7,11-13,15,23H,8-10H2,1-5H3/t12-,13+,15?/m0/s1. The van der Waals surface area contributed by atoms with Crippen molar-refractivity contribution in [2.24, 2.45) is 5.92 Å². The van der Waals surface area contributed by atoms with Crippen LogP contribution in [0.25, 0.3) is 11.0 Å². The highest BCUT2D eigenvalue weighted by atomic mass is 35.5. The van der Waals surface area contributed by atoms with E-state index in [0.29, 0.717) is 5.15 Å². The lowest BCUT2D eigenvalue weighted by atomic mass is 10.1. The normalized spacial score (nSPS) is 25.0. The number of aromatic nitrogens is 3. The molecule has 1 saturated carbocycles.